The molecule has 0 radical (unpaired) electrons. The van der Waals surface area contributed by atoms with Crippen LogP contribution in [0.5, 0.6) is 0 Å². The molecule has 1 heterocycles. The number of hydrogen-bond acceptors (Lipinski definition) is 1. The highest BCUT2D eigenvalue weighted by Crippen LogP contribution is 2.43. The zero-order valence-corrected chi connectivity index (χ0v) is 9.90. The van der Waals surface area contributed by atoms with Gasteiger partial charge in [0, 0.05) is 9.58 Å². The Morgan fingerprint density at radius 3 is 2.93 bits per heavy atom. The van der Waals surface area contributed by atoms with E-state index in [9.17, 15) is 0 Å². The quantitative estimate of drug-likeness (QED) is 0.590. The van der Waals surface area contributed by atoms with Crippen LogP contribution in [0.1, 0.15) is 36.6 Å². The summed E-state index contributed by atoms with van der Waals surface area (Å²) in [5.41, 5.74) is 3.04. The van der Waals surface area contributed by atoms with E-state index >= 15 is 0 Å². The first kappa shape index (κ1) is 9.17. The summed E-state index contributed by atoms with van der Waals surface area (Å²) in [6.45, 7) is 4.57. The normalized spacial score (nSPS) is 20.1. The molecule has 2 aromatic rings. The lowest BCUT2D eigenvalue weighted by Crippen LogP contribution is -1.99. The standard InChI is InChI=1S/C14H14S/c1-9-7-8-10(2)14-13(9)11-5-3-4-6-12(11)15-14/h3-6,8-9H,7H2,1-2H3. The molecular weight excluding hydrogens is 200 g/mol. The van der Waals surface area contributed by atoms with E-state index < -0.39 is 0 Å². The van der Waals surface area contributed by atoms with Gasteiger partial charge in [0.2, 0.25) is 0 Å². The third-order valence-corrected chi connectivity index (χ3v) is 4.58. The van der Waals surface area contributed by atoms with E-state index in [1.807, 2.05) is 11.3 Å². The van der Waals surface area contributed by atoms with Crippen LogP contribution >= 0.6 is 11.3 Å². The van der Waals surface area contributed by atoms with Crippen molar-refractivity contribution >= 4 is 27.0 Å². The van der Waals surface area contributed by atoms with E-state index in [1.165, 1.54) is 27.0 Å². The molecule has 0 amide bonds. The Hall–Kier alpha value is -1.08. The van der Waals surface area contributed by atoms with Gasteiger partial charge in [-0.2, -0.15) is 0 Å². The minimum atomic E-state index is 0.680. The largest absolute Gasteiger partial charge is 0.135 e. The fourth-order valence-electron chi connectivity index (χ4n) is 2.41. The lowest BCUT2D eigenvalue weighted by Gasteiger charge is -2.17. The highest BCUT2D eigenvalue weighted by atomic mass is 32.1. The first-order valence-electron chi connectivity index (χ1n) is 5.46. The Balaban J connectivity index is 2.40. The molecule has 3 rings (SSSR count). The van der Waals surface area contributed by atoms with Crippen LogP contribution in [0.2, 0.25) is 0 Å². The molecule has 15 heavy (non-hydrogen) atoms. The van der Waals surface area contributed by atoms with Crippen molar-refractivity contribution < 1.29 is 0 Å². The zero-order chi connectivity index (χ0) is 10.4. The van der Waals surface area contributed by atoms with Gasteiger partial charge in [0.1, 0.15) is 0 Å². The molecule has 0 aliphatic heterocycles. The second-order valence-electron chi connectivity index (χ2n) is 4.36. The van der Waals surface area contributed by atoms with Gasteiger partial charge in [0.05, 0.1) is 0 Å². The van der Waals surface area contributed by atoms with Gasteiger partial charge in [-0.1, -0.05) is 31.2 Å². The Kier molecular flexibility index (Phi) is 1.96. The number of allylic oxidation sites excluding steroid dienone is 2. The lowest BCUT2D eigenvalue weighted by molar-refractivity contribution is 0.779. The fourth-order valence-corrected chi connectivity index (χ4v) is 3.73. The summed E-state index contributed by atoms with van der Waals surface area (Å²) >= 11 is 1.94. The summed E-state index contributed by atoms with van der Waals surface area (Å²) in [5.74, 6) is 0.680. The van der Waals surface area contributed by atoms with Crippen molar-refractivity contribution in [2.45, 2.75) is 26.2 Å². The summed E-state index contributed by atoms with van der Waals surface area (Å²) < 4.78 is 1.43. The van der Waals surface area contributed by atoms with Crippen molar-refractivity contribution in [3.05, 3.63) is 40.8 Å². The third kappa shape index (κ3) is 1.26. The van der Waals surface area contributed by atoms with E-state index in [4.69, 9.17) is 0 Å². The molecule has 1 atom stereocenters. The molecular formula is C14H14S. The average molecular weight is 214 g/mol. The van der Waals surface area contributed by atoms with Gasteiger partial charge in [-0.3, -0.25) is 0 Å². The Bertz CT molecular complexity index is 545. The van der Waals surface area contributed by atoms with Gasteiger partial charge in [0.15, 0.2) is 0 Å². The first-order valence-corrected chi connectivity index (χ1v) is 6.27. The second kappa shape index (κ2) is 3.21. The van der Waals surface area contributed by atoms with Crippen molar-refractivity contribution in [2.24, 2.45) is 0 Å². The number of benzene rings is 1. The Morgan fingerprint density at radius 1 is 1.27 bits per heavy atom. The molecule has 0 N–H and O–H groups in total. The summed E-state index contributed by atoms with van der Waals surface area (Å²) in [6.07, 6.45) is 3.57. The summed E-state index contributed by atoms with van der Waals surface area (Å²) in [4.78, 5) is 1.51. The van der Waals surface area contributed by atoms with E-state index in [0.717, 1.165) is 0 Å². The van der Waals surface area contributed by atoms with Gasteiger partial charge < -0.3 is 0 Å². The third-order valence-electron chi connectivity index (χ3n) is 3.26. The van der Waals surface area contributed by atoms with Gasteiger partial charge in [-0.25, -0.2) is 0 Å². The molecule has 1 aromatic carbocycles. The number of rotatable bonds is 0. The lowest BCUT2D eigenvalue weighted by atomic mass is 9.88. The van der Waals surface area contributed by atoms with Crippen molar-refractivity contribution in [1.82, 2.24) is 0 Å². The maximum atomic E-state index is 2.38. The molecule has 0 nitrogen and oxygen atoms in total. The Labute approximate surface area is 94.2 Å². The number of hydrogen-bond donors (Lipinski definition) is 0. The van der Waals surface area contributed by atoms with Gasteiger partial charge >= 0.3 is 0 Å². The van der Waals surface area contributed by atoms with Crippen molar-refractivity contribution in [2.75, 3.05) is 0 Å². The summed E-state index contributed by atoms with van der Waals surface area (Å²) in [6, 6.07) is 8.78. The minimum absolute atomic E-state index is 0.680. The number of thiophene rings is 1. The van der Waals surface area contributed by atoms with Crippen LogP contribution < -0.4 is 0 Å². The maximum Gasteiger partial charge on any atom is 0.0352 e. The molecule has 1 unspecified atom stereocenters. The smallest absolute Gasteiger partial charge is 0.0352 e. The molecule has 76 valence electrons. The molecule has 0 spiro atoms. The van der Waals surface area contributed by atoms with Crippen LogP contribution in [0, 0.1) is 0 Å². The van der Waals surface area contributed by atoms with Crippen molar-refractivity contribution in [3.8, 4) is 0 Å². The molecule has 0 saturated carbocycles. The van der Waals surface area contributed by atoms with Crippen LogP contribution in [-0.2, 0) is 0 Å². The molecule has 1 heteroatoms. The fraction of sp³-hybridized carbons (Fsp3) is 0.286. The molecule has 1 aliphatic carbocycles. The van der Waals surface area contributed by atoms with Crippen molar-refractivity contribution in [1.29, 1.82) is 0 Å². The van der Waals surface area contributed by atoms with Crippen LogP contribution in [0.15, 0.2) is 30.3 Å². The van der Waals surface area contributed by atoms with E-state index in [0.29, 0.717) is 5.92 Å². The zero-order valence-electron chi connectivity index (χ0n) is 9.08. The molecule has 0 bridgehead atoms. The second-order valence-corrected chi connectivity index (χ2v) is 5.42. The van der Waals surface area contributed by atoms with Crippen LogP contribution in [0.4, 0.5) is 0 Å². The van der Waals surface area contributed by atoms with E-state index in [2.05, 4.69) is 44.2 Å². The highest BCUT2D eigenvalue weighted by Gasteiger charge is 2.21. The van der Waals surface area contributed by atoms with Crippen LogP contribution in [0.25, 0.3) is 15.7 Å². The van der Waals surface area contributed by atoms with Crippen LogP contribution in [-0.4, -0.2) is 0 Å². The van der Waals surface area contributed by atoms with Gasteiger partial charge in [0.25, 0.3) is 0 Å². The molecule has 0 saturated heterocycles. The maximum absolute atomic E-state index is 2.38. The number of fused-ring (bicyclic) bond motifs is 3. The van der Waals surface area contributed by atoms with E-state index in [1.54, 1.807) is 5.56 Å². The molecule has 1 aromatic heterocycles. The first-order chi connectivity index (χ1) is 7.27. The molecule has 0 fully saturated rings. The predicted molar refractivity (Wildman–Crippen MR) is 68.5 cm³/mol. The minimum Gasteiger partial charge on any atom is -0.135 e. The van der Waals surface area contributed by atoms with Gasteiger partial charge in [-0.15, -0.1) is 11.3 Å². The predicted octanol–water partition coefficient (Wildman–Crippen LogP) is 4.81. The van der Waals surface area contributed by atoms with Gasteiger partial charge in [-0.05, 0) is 41.9 Å². The average Bonchev–Trinajstić information content (AvgIpc) is 2.64. The van der Waals surface area contributed by atoms with Crippen molar-refractivity contribution in [3.63, 3.8) is 0 Å². The van der Waals surface area contributed by atoms with Crippen LogP contribution in [0.3, 0.4) is 0 Å². The monoisotopic (exact) mass is 214 g/mol. The van der Waals surface area contributed by atoms with E-state index in [-0.39, 0.29) is 0 Å². The topological polar surface area (TPSA) is 0 Å². The Morgan fingerprint density at radius 2 is 2.07 bits per heavy atom. The molecule has 1 aliphatic rings. The summed E-state index contributed by atoms with van der Waals surface area (Å²) in [5, 5.41) is 1.47. The summed E-state index contributed by atoms with van der Waals surface area (Å²) in [7, 11) is 0. The highest BCUT2D eigenvalue weighted by molar-refractivity contribution is 7.20. The SMILES string of the molecule is CC1=CCC(C)c2c1sc1ccccc21.